The van der Waals surface area contributed by atoms with Crippen LogP contribution in [0.3, 0.4) is 0 Å². The van der Waals surface area contributed by atoms with Gasteiger partial charge in [-0.15, -0.1) is 0 Å². The maximum atomic E-state index is 11.2. The van der Waals surface area contributed by atoms with Crippen LogP contribution in [0.4, 0.5) is 4.79 Å². The summed E-state index contributed by atoms with van der Waals surface area (Å²) in [5.41, 5.74) is 0. The molecular formula is C10H16N2O4. The summed E-state index contributed by atoms with van der Waals surface area (Å²) in [4.78, 5) is 25.1. The number of rotatable bonds is 4. The summed E-state index contributed by atoms with van der Waals surface area (Å²) in [6.45, 7) is 5.87. The highest BCUT2D eigenvalue weighted by molar-refractivity contribution is 5.71. The fraction of sp³-hybridized carbons (Fsp3) is 0.600. The van der Waals surface area contributed by atoms with Crippen molar-refractivity contribution in [3.05, 3.63) is 12.7 Å². The minimum absolute atomic E-state index is 0.210. The van der Waals surface area contributed by atoms with E-state index < -0.39 is 6.09 Å². The van der Waals surface area contributed by atoms with E-state index in [1.807, 2.05) is 4.90 Å². The van der Waals surface area contributed by atoms with Crippen LogP contribution in [0.1, 0.15) is 0 Å². The van der Waals surface area contributed by atoms with Crippen molar-refractivity contribution in [2.45, 2.75) is 0 Å². The molecule has 6 heteroatoms. The largest absolute Gasteiger partial charge is 0.465 e. The van der Waals surface area contributed by atoms with E-state index in [1.165, 1.54) is 11.0 Å². The van der Waals surface area contributed by atoms with Gasteiger partial charge < -0.3 is 14.7 Å². The lowest BCUT2D eigenvalue weighted by Gasteiger charge is -2.32. The van der Waals surface area contributed by atoms with Crippen LogP contribution in [-0.2, 0) is 9.53 Å². The minimum atomic E-state index is -0.908. The van der Waals surface area contributed by atoms with Crippen molar-refractivity contribution in [1.82, 2.24) is 9.80 Å². The predicted molar refractivity (Wildman–Crippen MR) is 57.2 cm³/mol. The zero-order valence-corrected chi connectivity index (χ0v) is 9.09. The fourth-order valence-electron chi connectivity index (χ4n) is 1.48. The summed E-state index contributed by atoms with van der Waals surface area (Å²) < 4.78 is 4.84. The molecule has 1 aliphatic heterocycles. The Hall–Kier alpha value is -1.56. The van der Waals surface area contributed by atoms with Crippen molar-refractivity contribution >= 4 is 12.1 Å². The number of amides is 1. The second-order valence-electron chi connectivity index (χ2n) is 3.52. The summed E-state index contributed by atoms with van der Waals surface area (Å²) >= 11 is 0. The second kappa shape index (κ2) is 6.12. The smallest absolute Gasteiger partial charge is 0.407 e. The van der Waals surface area contributed by atoms with Crippen LogP contribution in [0.5, 0.6) is 0 Å². The van der Waals surface area contributed by atoms with Gasteiger partial charge in [0, 0.05) is 26.2 Å². The van der Waals surface area contributed by atoms with Gasteiger partial charge in [0.1, 0.15) is 6.61 Å². The molecule has 90 valence electrons. The van der Waals surface area contributed by atoms with E-state index in [0.717, 1.165) is 0 Å². The number of carbonyl (C=O) groups excluding carboxylic acids is 1. The molecule has 0 radical (unpaired) electrons. The molecule has 1 saturated heterocycles. The first kappa shape index (κ1) is 12.5. The first-order valence-electron chi connectivity index (χ1n) is 5.10. The molecule has 1 amide bonds. The van der Waals surface area contributed by atoms with Gasteiger partial charge in [0.05, 0.1) is 6.54 Å². The van der Waals surface area contributed by atoms with Gasteiger partial charge in [0.15, 0.2) is 0 Å². The summed E-state index contributed by atoms with van der Waals surface area (Å²) in [6.07, 6.45) is 0.606. The Morgan fingerprint density at radius 3 is 2.44 bits per heavy atom. The molecule has 0 aromatic heterocycles. The van der Waals surface area contributed by atoms with Gasteiger partial charge in [-0.1, -0.05) is 12.7 Å². The Bertz CT molecular complexity index is 272. The van der Waals surface area contributed by atoms with E-state index >= 15 is 0 Å². The molecule has 0 aromatic rings. The molecule has 0 saturated carbocycles. The number of carboxylic acid groups (broad SMARTS) is 1. The van der Waals surface area contributed by atoms with Crippen LogP contribution in [-0.4, -0.2) is 66.3 Å². The van der Waals surface area contributed by atoms with Gasteiger partial charge in [0.2, 0.25) is 0 Å². The van der Waals surface area contributed by atoms with Crippen molar-refractivity contribution < 1.29 is 19.4 Å². The second-order valence-corrected chi connectivity index (χ2v) is 3.52. The van der Waals surface area contributed by atoms with Crippen molar-refractivity contribution in [1.29, 1.82) is 0 Å². The monoisotopic (exact) mass is 228 g/mol. The van der Waals surface area contributed by atoms with Crippen LogP contribution in [0.25, 0.3) is 0 Å². The zero-order valence-electron chi connectivity index (χ0n) is 9.09. The van der Waals surface area contributed by atoms with Crippen LogP contribution in [0.15, 0.2) is 12.7 Å². The lowest BCUT2D eigenvalue weighted by Crippen LogP contribution is -2.49. The van der Waals surface area contributed by atoms with Crippen molar-refractivity contribution in [3.8, 4) is 0 Å². The van der Waals surface area contributed by atoms with Gasteiger partial charge in [-0.25, -0.2) is 4.79 Å². The van der Waals surface area contributed by atoms with E-state index in [0.29, 0.717) is 26.2 Å². The third-order valence-corrected chi connectivity index (χ3v) is 2.36. The lowest BCUT2D eigenvalue weighted by molar-refractivity contribution is -0.144. The average molecular weight is 228 g/mol. The van der Waals surface area contributed by atoms with E-state index in [9.17, 15) is 9.59 Å². The normalized spacial score (nSPS) is 16.9. The average Bonchev–Trinajstić information content (AvgIpc) is 2.27. The Labute approximate surface area is 94.1 Å². The molecule has 16 heavy (non-hydrogen) atoms. The molecule has 6 nitrogen and oxygen atoms in total. The molecular weight excluding hydrogens is 212 g/mol. The Morgan fingerprint density at radius 1 is 1.31 bits per heavy atom. The van der Waals surface area contributed by atoms with Crippen LogP contribution >= 0.6 is 0 Å². The third kappa shape index (κ3) is 3.90. The molecule has 1 rings (SSSR count). The quantitative estimate of drug-likeness (QED) is 0.542. The first-order valence-corrected chi connectivity index (χ1v) is 5.10. The number of esters is 1. The minimum Gasteiger partial charge on any atom is -0.465 e. The number of hydrogen-bond donors (Lipinski definition) is 1. The SMILES string of the molecule is C=CCOC(=O)CN1CCN(C(=O)O)CC1. The predicted octanol–water partition coefficient (Wildman–Crippen LogP) is 0.0112. The number of ether oxygens (including phenoxy) is 1. The molecule has 0 aliphatic carbocycles. The first-order chi connectivity index (χ1) is 7.63. The number of piperazine rings is 1. The summed E-state index contributed by atoms with van der Waals surface area (Å²) in [7, 11) is 0. The van der Waals surface area contributed by atoms with E-state index in [-0.39, 0.29) is 19.1 Å². The van der Waals surface area contributed by atoms with E-state index in [4.69, 9.17) is 9.84 Å². The number of hydrogen-bond acceptors (Lipinski definition) is 4. The highest BCUT2D eigenvalue weighted by Gasteiger charge is 2.21. The van der Waals surface area contributed by atoms with Gasteiger partial charge >= 0.3 is 12.1 Å². The molecule has 0 atom stereocenters. The molecule has 1 heterocycles. The molecule has 1 fully saturated rings. The van der Waals surface area contributed by atoms with Gasteiger partial charge in [-0.3, -0.25) is 9.69 Å². The lowest BCUT2D eigenvalue weighted by atomic mass is 10.3. The topological polar surface area (TPSA) is 70.1 Å². The highest BCUT2D eigenvalue weighted by Crippen LogP contribution is 2.01. The summed E-state index contributed by atoms with van der Waals surface area (Å²) in [5.74, 6) is -0.302. The maximum absolute atomic E-state index is 11.2. The molecule has 0 unspecified atom stereocenters. The molecule has 0 bridgehead atoms. The summed E-state index contributed by atoms with van der Waals surface area (Å²) in [6, 6.07) is 0. The van der Waals surface area contributed by atoms with Crippen molar-refractivity contribution in [2.24, 2.45) is 0 Å². The molecule has 1 aliphatic rings. The maximum Gasteiger partial charge on any atom is 0.407 e. The van der Waals surface area contributed by atoms with Gasteiger partial charge in [-0.05, 0) is 0 Å². The standard InChI is InChI=1S/C10H16N2O4/c1-2-7-16-9(13)8-11-3-5-12(6-4-11)10(14)15/h2H,1,3-8H2,(H,14,15). The van der Waals surface area contributed by atoms with Crippen molar-refractivity contribution in [2.75, 3.05) is 39.3 Å². The summed E-state index contributed by atoms with van der Waals surface area (Å²) in [5, 5.41) is 8.73. The fourth-order valence-corrected chi connectivity index (χ4v) is 1.48. The Morgan fingerprint density at radius 2 is 1.94 bits per heavy atom. The molecule has 0 aromatic carbocycles. The Balaban J connectivity index is 2.23. The molecule has 1 N–H and O–H groups in total. The molecule has 0 spiro atoms. The van der Waals surface area contributed by atoms with Crippen molar-refractivity contribution in [3.63, 3.8) is 0 Å². The van der Waals surface area contributed by atoms with Crippen LogP contribution in [0, 0.1) is 0 Å². The van der Waals surface area contributed by atoms with Gasteiger partial charge in [0.25, 0.3) is 0 Å². The highest BCUT2D eigenvalue weighted by atomic mass is 16.5. The van der Waals surface area contributed by atoms with E-state index in [2.05, 4.69) is 6.58 Å². The van der Waals surface area contributed by atoms with E-state index in [1.54, 1.807) is 0 Å². The number of nitrogens with zero attached hydrogens (tertiary/aromatic N) is 2. The van der Waals surface area contributed by atoms with Crippen LogP contribution in [0.2, 0.25) is 0 Å². The van der Waals surface area contributed by atoms with Gasteiger partial charge in [-0.2, -0.15) is 0 Å². The zero-order chi connectivity index (χ0) is 12.0. The number of carbonyl (C=O) groups is 2. The Kier molecular flexibility index (Phi) is 4.78. The third-order valence-electron chi connectivity index (χ3n) is 2.36. The van der Waals surface area contributed by atoms with Crippen LogP contribution < -0.4 is 0 Å².